The zero-order valence-electron chi connectivity index (χ0n) is 13.9. The number of pyridine rings is 1. The molecular weight excluding hydrogens is 352 g/mol. The second kappa shape index (κ2) is 6.24. The largest absolute Gasteiger partial charge is 0.453 e. The SMILES string of the molecule is COC(=O)Nc1ccc2ccn3c(N)c(-c4cccc(Cl)c4)nc3c2c1. The fourth-order valence-corrected chi connectivity index (χ4v) is 3.12. The summed E-state index contributed by atoms with van der Waals surface area (Å²) in [4.78, 5) is 16.2. The minimum Gasteiger partial charge on any atom is -0.453 e. The Morgan fingerprint density at radius 3 is 2.85 bits per heavy atom. The topological polar surface area (TPSA) is 81.6 Å². The molecule has 2 heterocycles. The number of nitrogens with zero attached hydrogens (tertiary/aromatic N) is 2. The highest BCUT2D eigenvalue weighted by Crippen LogP contribution is 2.32. The van der Waals surface area contributed by atoms with Gasteiger partial charge in [0.2, 0.25) is 0 Å². The number of nitrogens with two attached hydrogens (primary N) is 1. The Bertz CT molecular complexity index is 1150. The first-order valence-electron chi connectivity index (χ1n) is 7.88. The molecule has 0 aliphatic rings. The summed E-state index contributed by atoms with van der Waals surface area (Å²) in [5.74, 6) is 0.524. The summed E-state index contributed by atoms with van der Waals surface area (Å²) in [5, 5.41) is 5.13. The summed E-state index contributed by atoms with van der Waals surface area (Å²) in [5.41, 5.74) is 9.13. The molecule has 6 nitrogen and oxygen atoms in total. The Balaban J connectivity index is 1.93. The van der Waals surface area contributed by atoms with Crippen LogP contribution >= 0.6 is 11.6 Å². The summed E-state index contributed by atoms with van der Waals surface area (Å²) in [7, 11) is 1.32. The van der Waals surface area contributed by atoms with Crippen molar-refractivity contribution in [2.45, 2.75) is 0 Å². The van der Waals surface area contributed by atoms with E-state index in [9.17, 15) is 4.79 Å². The molecule has 0 saturated heterocycles. The van der Waals surface area contributed by atoms with Crippen molar-refractivity contribution in [1.82, 2.24) is 9.38 Å². The van der Waals surface area contributed by atoms with E-state index in [0.29, 0.717) is 27.9 Å². The third-order valence-electron chi connectivity index (χ3n) is 4.18. The standard InChI is InChI=1S/C19H15ClN4O2/c1-26-19(25)22-14-6-5-11-7-8-24-17(21)16(23-18(24)15(11)10-14)12-3-2-4-13(20)9-12/h2-10H,21H2,1H3,(H,22,25). The van der Waals surface area contributed by atoms with Crippen LogP contribution in [0.5, 0.6) is 0 Å². The van der Waals surface area contributed by atoms with Gasteiger partial charge in [0.15, 0.2) is 0 Å². The number of carbonyl (C=O) groups is 1. The third-order valence-corrected chi connectivity index (χ3v) is 4.41. The van der Waals surface area contributed by atoms with Gasteiger partial charge in [0.25, 0.3) is 0 Å². The molecule has 3 N–H and O–H groups in total. The number of hydrogen-bond donors (Lipinski definition) is 2. The van der Waals surface area contributed by atoms with Crippen LogP contribution in [0.25, 0.3) is 27.7 Å². The number of halogens is 1. The summed E-state index contributed by atoms with van der Waals surface area (Å²) in [6.07, 6.45) is 1.35. The first-order valence-corrected chi connectivity index (χ1v) is 8.26. The molecule has 130 valence electrons. The van der Waals surface area contributed by atoms with Crippen molar-refractivity contribution in [1.29, 1.82) is 0 Å². The molecule has 0 saturated carbocycles. The lowest BCUT2D eigenvalue weighted by atomic mass is 10.1. The van der Waals surface area contributed by atoms with Gasteiger partial charge in [-0.1, -0.05) is 29.8 Å². The van der Waals surface area contributed by atoms with Crippen LogP contribution in [0.2, 0.25) is 5.02 Å². The lowest BCUT2D eigenvalue weighted by Crippen LogP contribution is -2.10. The van der Waals surface area contributed by atoms with Crippen LogP contribution in [0.1, 0.15) is 0 Å². The highest BCUT2D eigenvalue weighted by atomic mass is 35.5. The lowest BCUT2D eigenvalue weighted by molar-refractivity contribution is 0.187. The van der Waals surface area contributed by atoms with Crippen molar-refractivity contribution < 1.29 is 9.53 Å². The van der Waals surface area contributed by atoms with Crippen LogP contribution in [0.15, 0.2) is 54.7 Å². The number of nitrogen functional groups attached to an aromatic ring is 1. The van der Waals surface area contributed by atoms with Crippen LogP contribution < -0.4 is 11.1 Å². The molecule has 0 spiro atoms. The van der Waals surface area contributed by atoms with Crippen LogP contribution in [0.4, 0.5) is 16.3 Å². The lowest BCUT2D eigenvalue weighted by Gasteiger charge is -2.06. The number of nitrogens with one attached hydrogen (secondary N) is 1. The molecule has 0 atom stereocenters. The van der Waals surface area contributed by atoms with Crippen LogP contribution in [-0.4, -0.2) is 22.6 Å². The minimum atomic E-state index is -0.529. The van der Waals surface area contributed by atoms with Gasteiger partial charge in [0.05, 0.1) is 7.11 Å². The Morgan fingerprint density at radius 2 is 2.08 bits per heavy atom. The summed E-state index contributed by atoms with van der Waals surface area (Å²) in [6, 6.07) is 14.9. The fraction of sp³-hybridized carbons (Fsp3) is 0.0526. The van der Waals surface area contributed by atoms with Gasteiger partial charge in [0.1, 0.15) is 17.2 Å². The molecule has 0 aliphatic heterocycles. The smallest absolute Gasteiger partial charge is 0.411 e. The van der Waals surface area contributed by atoms with E-state index in [-0.39, 0.29) is 0 Å². The molecule has 2 aromatic heterocycles. The van der Waals surface area contributed by atoms with Gasteiger partial charge in [-0.25, -0.2) is 9.78 Å². The van der Waals surface area contributed by atoms with Crippen molar-refractivity contribution in [3.05, 3.63) is 59.8 Å². The Labute approximate surface area is 154 Å². The zero-order valence-corrected chi connectivity index (χ0v) is 14.6. The fourth-order valence-electron chi connectivity index (χ4n) is 2.93. The molecule has 2 aromatic carbocycles. The number of fused-ring (bicyclic) bond motifs is 3. The summed E-state index contributed by atoms with van der Waals surface area (Å²) in [6.45, 7) is 0. The highest BCUT2D eigenvalue weighted by molar-refractivity contribution is 6.30. The molecule has 0 unspecified atom stereocenters. The zero-order chi connectivity index (χ0) is 18.3. The van der Waals surface area contributed by atoms with Crippen LogP contribution in [0, 0.1) is 0 Å². The second-order valence-corrected chi connectivity index (χ2v) is 6.22. The van der Waals surface area contributed by atoms with E-state index in [0.717, 1.165) is 16.3 Å². The molecule has 4 aromatic rings. The molecular formula is C19H15ClN4O2. The van der Waals surface area contributed by atoms with Crippen molar-refractivity contribution in [3.63, 3.8) is 0 Å². The second-order valence-electron chi connectivity index (χ2n) is 5.78. The molecule has 1 amide bonds. The van der Waals surface area contributed by atoms with E-state index in [1.807, 2.05) is 47.0 Å². The van der Waals surface area contributed by atoms with Crippen molar-refractivity contribution in [2.24, 2.45) is 0 Å². The number of aromatic nitrogens is 2. The molecule has 26 heavy (non-hydrogen) atoms. The Morgan fingerprint density at radius 1 is 1.23 bits per heavy atom. The minimum absolute atomic E-state index is 0.524. The average Bonchev–Trinajstić information content (AvgIpc) is 2.99. The van der Waals surface area contributed by atoms with Crippen molar-refractivity contribution in [3.8, 4) is 11.3 Å². The van der Waals surface area contributed by atoms with Crippen molar-refractivity contribution >= 4 is 45.6 Å². The molecule has 0 fully saturated rings. The van der Waals surface area contributed by atoms with Gasteiger partial charge in [-0.3, -0.25) is 9.72 Å². The Kier molecular flexibility index (Phi) is 3.89. The van der Waals surface area contributed by atoms with Gasteiger partial charge in [0, 0.05) is 27.9 Å². The maximum absolute atomic E-state index is 11.5. The first-order chi connectivity index (χ1) is 12.6. The Hall–Kier alpha value is -3.25. The van der Waals surface area contributed by atoms with Gasteiger partial charge >= 0.3 is 6.09 Å². The predicted octanol–water partition coefficient (Wildman–Crippen LogP) is 4.57. The maximum Gasteiger partial charge on any atom is 0.411 e. The summed E-state index contributed by atoms with van der Waals surface area (Å²) >= 11 is 6.10. The predicted molar refractivity (Wildman–Crippen MR) is 104 cm³/mol. The maximum atomic E-state index is 11.5. The number of rotatable bonds is 2. The highest BCUT2D eigenvalue weighted by Gasteiger charge is 2.14. The molecule has 4 rings (SSSR count). The number of hydrogen-bond acceptors (Lipinski definition) is 4. The van der Waals surface area contributed by atoms with Crippen LogP contribution in [0.3, 0.4) is 0 Å². The number of imidazole rings is 1. The van der Waals surface area contributed by atoms with E-state index in [4.69, 9.17) is 22.3 Å². The van der Waals surface area contributed by atoms with Gasteiger partial charge in [-0.15, -0.1) is 0 Å². The average molecular weight is 367 g/mol. The van der Waals surface area contributed by atoms with Gasteiger partial charge in [-0.2, -0.15) is 0 Å². The molecule has 7 heteroatoms. The molecule has 0 aliphatic carbocycles. The number of ether oxygens (including phenoxy) is 1. The number of methoxy groups -OCH3 is 1. The first kappa shape index (κ1) is 16.2. The third kappa shape index (κ3) is 2.70. The normalized spacial score (nSPS) is 11.0. The quantitative estimate of drug-likeness (QED) is 0.544. The van der Waals surface area contributed by atoms with Crippen molar-refractivity contribution in [2.75, 3.05) is 18.2 Å². The van der Waals surface area contributed by atoms with E-state index in [1.165, 1.54) is 7.11 Å². The van der Waals surface area contributed by atoms with E-state index in [2.05, 4.69) is 10.1 Å². The van der Waals surface area contributed by atoms with Crippen LogP contribution in [-0.2, 0) is 4.74 Å². The van der Waals surface area contributed by atoms with E-state index < -0.39 is 6.09 Å². The molecule has 0 bridgehead atoms. The van der Waals surface area contributed by atoms with Gasteiger partial charge in [-0.05, 0) is 35.7 Å². The number of carbonyl (C=O) groups excluding carboxylic acids is 1. The van der Waals surface area contributed by atoms with E-state index in [1.54, 1.807) is 12.1 Å². The monoisotopic (exact) mass is 366 g/mol. The number of benzene rings is 2. The van der Waals surface area contributed by atoms with E-state index >= 15 is 0 Å². The van der Waals surface area contributed by atoms with Gasteiger partial charge < -0.3 is 10.5 Å². The molecule has 0 radical (unpaired) electrons. The number of anilines is 2. The number of amides is 1. The summed E-state index contributed by atoms with van der Waals surface area (Å²) < 4.78 is 6.46.